The van der Waals surface area contributed by atoms with Crippen molar-refractivity contribution in [1.29, 1.82) is 0 Å². The van der Waals surface area contributed by atoms with E-state index in [2.05, 4.69) is 6.92 Å². The number of hydrogen-bond donors (Lipinski definition) is 0. The summed E-state index contributed by atoms with van der Waals surface area (Å²) in [7, 11) is -3.54. The minimum atomic E-state index is -3.54. The monoisotopic (exact) mass is 338 g/mol. The average molecular weight is 338 g/mol. The lowest BCUT2D eigenvalue weighted by Crippen LogP contribution is -2.51. The molecular formula is C17H26N2O3S. The maximum atomic E-state index is 12.8. The van der Waals surface area contributed by atoms with Crippen LogP contribution >= 0.6 is 0 Å². The van der Waals surface area contributed by atoms with Crippen molar-refractivity contribution in [2.45, 2.75) is 39.7 Å². The number of rotatable bonds is 4. The summed E-state index contributed by atoms with van der Waals surface area (Å²) < 4.78 is 25.8. The summed E-state index contributed by atoms with van der Waals surface area (Å²) in [6.45, 7) is 7.15. The zero-order valence-corrected chi connectivity index (χ0v) is 15.1. The highest BCUT2D eigenvalue weighted by Gasteiger charge is 2.33. The molecule has 1 aliphatic rings. The second-order valence-corrected chi connectivity index (χ2v) is 8.46. The number of benzene rings is 1. The van der Waals surface area contributed by atoms with Crippen LogP contribution in [0.3, 0.4) is 0 Å². The van der Waals surface area contributed by atoms with Gasteiger partial charge in [-0.05, 0) is 44.7 Å². The van der Waals surface area contributed by atoms with Crippen molar-refractivity contribution >= 4 is 21.6 Å². The molecule has 2 unspecified atom stereocenters. The van der Waals surface area contributed by atoms with Gasteiger partial charge in [-0.3, -0.25) is 9.10 Å². The van der Waals surface area contributed by atoms with Crippen LogP contribution < -0.4 is 4.31 Å². The molecule has 128 valence electrons. The molecule has 1 fully saturated rings. The summed E-state index contributed by atoms with van der Waals surface area (Å²) in [6.07, 6.45) is 3.24. The van der Waals surface area contributed by atoms with E-state index >= 15 is 0 Å². The average Bonchev–Trinajstić information content (AvgIpc) is 2.47. The van der Waals surface area contributed by atoms with E-state index in [1.54, 1.807) is 24.0 Å². The number of carbonyl (C=O) groups excluding carboxylic acids is 1. The Kier molecular flexibility index (Phi) is 5.34. The van der Waals surface area contributed by atoms with Crippen molar-refractivity contribution in [3.8, 4) is 0 Å². The zero-order chi connectivity index (χ0) is 17.2. The van der Waals surface area contributed by atoms with Crippen LogP contribution in [0.4, 0.5) is 5.69 Å². The fraction of sp³-hybridized carbons (Fsp3) is 0.588. The first-order chi connectivity index (χ1) is 10.7. The molecule has 0 aromatic heterocycles. The molecule has 1 aromatic carbocycles. The Morgan fingerprint density at radius 1 is 1.30 bits per heavy atom. The second kappa shape index (κ2) is 6.91. The Balaban J connectivity index is 2.28. The summed E-state index contributed by atoms with van der Waals surface area (Å²) in [6, 6.07) is 6.47. The molecule has 5 nitrogen and oxygen atoms in total. The summed E-state index contributed by atoms with van der Waals surface area (Å²) in [5, 5.41) is 0. The highest BCUT2D eigenvalue weighted by Crippen LogP contribution is 2.24. The zero-order valence-electron chi connectivity index (χ0n) is 14.3. The van der Waals surface area contributed by atoms with Crippen molar-refractivity contribution in [1.82, 2.24) is 4.90 Å². The standard InChI is InChI=1S/C17H26N2O3S/c1-13-7-9-16(10-8-13)19(23(4,21)22)15(3)17(20)18-11-5-6-14(2)12-18/h7-10,14-15H,5-6,11-12H2,1-4H3. The van der Waals surface area contributed by atoms with Gasteiger partial charge in [-0.2, -0.15) is 0 Å². The number of piperidine rings is 1. The Labute approximate surface area is 139 Å². The summed E-state index contributed by atoms with van der Waals surface area (Å²) in [5.74, 6) is 0.341. The molecular weight excluding hydrogens is 312 g/mol. The van der Waals surface area contributed by atoms with Crippen LogP contribution in [-0.4, -0.2) is 44.6 Å². The molecule has 2 atom stereocenters. The van der Waals surface area contributed by atoms with E-state index in [4.69, 9.17) is 0 Å². The fourth-order valence-electron chi connectivity index (χ4n) is 3.15. The molecule has 6 heteroatoms. The molecule has 1 saturated heterocycles. The van der Waals surface area contributed by atoms with E-state index in [1.807, 2.05) is 19.1 Å². The molecule has 1 aliphatic heterocycles. The van der Waals surface area contributed by atoms with Crippen LogP contribution in [0.25, 0.3) is 0 Å². The predicted molar refractivity (Wildman–Crippen MR) is 92.9 cm³/mol. The molecule has 0 spiro atoms. The Bertz CT molecular complexity index is 655. The van der Waals surface area contributed by atoms with Crippen LogP contribution in [0.2, 0.25) is 0 Å². The van der Waals surface area contributed by atoms with Crippen LogP contribution in [-0.2, 0) is 14.8 Å². The molecule has 1 heterocycles. The van der Waals surface area contributed by atoms with Gasteiger partial charge in [0.2, 0.25) is 15.9 Å². The van der Waals surface area contributed by atoms with E-state index in [9.17, 15) is 13.2 Å². The second-order valence-electron chi connectivity index (χ2n) is 6.60. The van der Waals surface area contributed by atoms with Crippen molar-refractivity contribution in [3.63, 3.8) is 0 Å². The number of nitrogens with zero attached hydrogens (tertiary/aromatic N) is 2. The lowest BCUT2D eigenvalue weighted by atomic mass is 10.00. The van der Waals surface area contributed by atoms with Gasteiger partial charge in [0, 0.05) is 13.1 Å². The summed E-state index contributed by atoms with van der Waals surface area (Å²) in [4.78, 5) is 14.6. The van der Waals surface area contributed by atoms with Gasteiger partial charge in [-0.25, -0.2) is 8.42 Å². The van der Waals surface area contributed by atoms with E-state index in [0.29, 0.717) is 24.7 Å². The SMILES string of the molecule is Cc1ccc(N(C(C)C(=O)N2CCCC(C)C2)S(C)(=O)=O)cc1. The number of aryl methyl sites for hydroxylation is 1. The number of anilines is 1. The highest BCUT2D eigenvalue weighted by atomic mass is 32.2. The smallest absolute Gasteiger partial charge is 0.246 e. The number of likely N-dealkylation sites (tertiary alicyclic amines) is 1. The van der Waals surface area contributed by atoms with Crippen molar-refractivity contribution in [3.05, 3.63) is 29.8 Å². The third kappa shape index (κ3) is 4.25. The number of sulfonamides is 1. The van der Waals surface area contributed by atoms with Crippen LogP contribution in [0.15, 0.2) is 24.3 Å². The van der Waals surface area contributed by atoms with Gasteiger partial charge >= 0.3 is 0 Å². The quantitative estimate of drug-likeness (QED) is 0.847. The fourth-order valence-corrected chi connectivity index (χ4v) is 4.32. The topological polar surface area (TPSA) is 57.7 Å². The third-order valence-corrected chi connectivity index (χ3v) is 5.57. The molecule has 23 heavy (non-hydrogen) atoms. The molecule has 0 bridgehead atoms. The van der Waals surface area contributed by atoms with Gasteiger partial charge in [-0.15, -0.1) is 0 Å². The molecule has 0 N–H and O–H groups in total. The Morgan fingerprint density at radius 3 is 2.43 bits per heavy atom. The van der Waals surface area contributed by atoms with E-state index < -0.39 is 16.1 Å². The van der Waals surface area contributed by atoms with Crippen LogP contribution in [0, 0.1) is 12.8 Å². The van der Waals surface area contributed by atoms with Crippen molar-refractivity contribution in [2.75, 3.05) is 23.7 Å². The Morgan fingerprint density at radius 2 is 1.91 bits per heavy atom. The first-order valence-corrected chi connectivity index (χ1v) is 9.90. The van der Waals surface area contributed by atoms with Crippen molar-refractivity contribution < 1.29 is 13.2 Å². The molecule has 2 rings (SSSR count). The van der Waals surface area contributed by atoms with E-state index in [1.165, 1.54) is 4.31 Å². The number of carbonyl (C=O) groups is 1. The van der Waals surface area contributed by atoms with Gasteiger partial charge in [0.05, 0.1) is 11.9 Å². The number of hydrogen-bond acceptors (Lipinski definition) is 3. The van der Waals surface area contributed by atoms with E-state index in [0.717, 1.165) is 24.7 Å². The lowest BCUT2D eigenvalue weighted by Gasteiger charge is -2.36. The van der Waals surface area contributed by atoms with Crippen molar-refractivity contribution in [2.24, 2.45) is 5.92 Å². The van der Waals surface area contributed by atoms with Gasteiger partial charge in [0.25, 0.3) is 0 Å². The minimum absolute atomic E-state index is 0.123. The first kappa shape index (κ1) is 17.8. The minimum Gasteiger partial charge on any atom is -0.341 e. The molecule has 1 aromatic rings. The summed E-state index contributed by atoms with van der Waals surface area (Å²) in [5.41, 5.74) is 1.58. The normalized spacial score (nSPS) is 20.2. The maximum Gasteiger partial charge on any atom is 0.246 e. The van der Waals surface area contributed by atoms with Gasteiger partial charge in [-0.1, -0.05) is 24.6 Å². The largest absolute Gasteiger partial charge is 0.341 e. The maximum absolute atomic E-state index is 12.8. The van der Waals surface area contributed by atoms with Gasteiger partial charge in [0.15, 0.2) is 0 Å². The number of amides is 1. The lowest BCUT2D eigenvalue weighted by molar-refractivity contribution is -0.133. The highest BCUT2D eigenvalue weighted by molar-refractivity contribution is 7.92. The van der Waals surface area contributed by atoms with E-state index in [-0.39, 0.29) is 5.91 Å². The van der Waals surface area contributed by atoms with Gasteiger partial charge < -0.3 is 4.90 Å². The molecule has 0 aliphatic carbocycles. The van der Waals surface area contributed by atoms with Gasteiger partial charge in [0.1, 0.15) is 6.04 Å². The third-order valence-electron chi connectivity index (χ3n) is 4.32. The molecule has 0 radical (unpaired) electrons. The van der Waals surface area contributed by atoms with Crippen LogP contribution in [0.1, 0.15) is 32.3 Å². The predicted octanol–water partition coefficient (Wildman–Crippen LogP) is 2.41. The van der Waals surface area contributed by atoms with Crippen LogP contribution in [0.5, 0.6) is 0 Å². The Hall–Kier alpha value is -1.56. The molecule has 1 amide bonds. The molecule has 0 saturated carbocycles. The summed E-state index contributed by atoms with van der Waals surface area (Å²) >= 11 is 0. The first-order valence-electron chi connectivity index (χ1n) is 8.05.